The van der Waals surface area contributed by atoms with Gasteiger partial charge in [0.05, 0.1) is 18.2 Å². The van der Waals surface area contributed by atoms with Gasteiger partial charge in [-0.05, 0) is 18.8 Å². The highest BCUT2D eigenvalue weighted by molar-refractivity contribution is 6.43. The van der Waals surface area contributed by atoms with Crippen LogP contribution in [0.3, 0.4) is 0 Å². The van der Waals surface area contributed by atoms with E-state index in [0.717, 1.165) is 6.20 Å². The SMILES string of the molecule is CC(C)CC(NC(=O)CCC(=O)C1CCN1c1ncncc1F)B(O)O. The van der Waals surface area contributed by atoms with Crippen LogP contribution in [-0.4, -0.2) is 57.4 Å². The van der Waals surface area contributed by atoms with E-state index in [9.17, 15) is 24.0 Å². The number of ketones is 1. The number of rotatable bonds is 9. The van der Waals surface area contributed by atoms with Gasteiger partial charge < -0.3 is 20.3 Å². The van der Waals surface area contributed by atoms with Gasteiger partial charge in [-0.15, -0.1) is 0 Å². The zero-order valence-electron chi connectivity index (χ0n) is 14.9. The number of hydrogen-bond acceptors (Lipinski definition) is 7. The Hall–Kier alpha value is -2.07. The second kappa shape index (κ2) is 9.04. The van der Waals surface area contributed by atoms with Crippen molar-refractivity contribution in [2.24, 2.45) is 5.92 Å². The lowest BCUT2D eigenvalue weighted by Crippen LogP contribution is -2.53. The normalized spacial score (nSPS) is 17.6. The quantitative estimate of drug-likeness (QED) is 0.531. The molecule has 2 rings (SSSR count). The number of nitrogens with one attached hydrogen (secondary N) is 1. The van der Waals surface area contributed by atoms with E-state index in [1.165, 1.54) is 6.33 Å². The lowest BCUT2D eigenvalue weighted by atomic mass is 9.75. The maximum Gasteiger partial charge on any atom is 0.475 e. The fourth-order valence-electron chi connectivity index (χ4n) is 2.94. The Bertz CT molecular complexity index is 646. The minimum absolute atomic E-state index is 0.00434. The molecule has 0 saturated carbocycles. The second-order valence-corrected chi connectivity index (χ2v) is 6.88. The molecule has 1 saturated heterocycles. The third kappa shape index (κ3) is 5.22. The zero-order valence-corrected chi connectivity index (χ0v) is 14.9. The highest BCUT2D eigenvalue weighted by Gasteiger charge is 2.36. The van der Waals surface area contributed by atoms with Crippen molar-refractivity contribution in [1.82, 2.24) is 15.3 Å². The molecule has 1 aliphatic heterocycles. The first kappa shape index (κ1) is 20.2. The Morgan fingerprint density at radius 2 is 2.15 bits per heavy atom. The smallest absolute Gasteiger partial charge is 0.426 e. The van der Waals surface area contributed by atoms with Gasteiger partial charge in [0.1, 0.15) is 6.33 Å². The van der Waals surface area contributed by atoms with E-state index in [1.54, 1.807) is 4.90 Å². The maximum absolute atomic E-state index is 13.7. The Balaban J connectivity index is 1.84. The fourth-order valence-corrected chi connectivity index (χ4v) is 2.94. The van der Waals surface area contributed by atoms with E-state index < -0.39 is 30.8 Å². The standard InChI is InChI=1S/C16H24BFN4O4/c1-10(2)7-14(17(25)26)21-15(24)4-3-13(23)12-5-6-22(12)16-11(18)8-19-9-20-16/h8-10,12,14,25-26H,3-7H2,1-2H3,(H,21,24). The van der Waals surface area contributed by atoms with Crippen LogP contribution in [-0.2, 0) is 9.59 Å². The van der Waals surface area contributed by atoms with Crippen LogP contribution in [0.2, 0.25) is 0 Å². The monoisotopic (exact) mass is 366 g/mol. The van der Waals surface area contributed by atoms with E-state index in [-0.39, 0.29) is 30.4 Å². The van der Waals surface area contributed by atoms with Crippen LogP contribution in [0, 0.1) is 11.7 Å². The van der Waals surface area contributed by atoms with Crippen molar-refractivity contribution in [2.45, 2.75) is 51.5 Å². The molecule has 0 radical (unpaired) electrons. The molecule has 1 amide bonds. The minimum Gasteiger partial charge on any atom is -0.426 e. The first-order valence-corrected chi connectivity index (χ1v) is 8.70. The highest BCUT2D eigenvalue weighted by Crippen LogP contribution is 2.27. The highest BCUT2D eigenvalue weighted by atomic mass is 19.1. The Labute approximate surface area is 152 Å². The molecular formula is C16H24BFN4O4. The average Bonchev–Trinajstić information content (AvgIpc) is 2.53. The molecule has 10 heteroatoms. The third-order valence-electron chi connectivity index (χ3n) is 4.34. The third-order valence-corrected chi connectivity index (χ3v) is 4.34. The summed E-state index contributed by atoms with van der Waals surface area (Å²) >= 11 is 0. The maximum atomic E-state index is 13.7. The summed E-state index contributed by atoms with van der Waals surface area (Å²) in [6.07, 6.45) is 3.20. The molecule has 26 heavy (non-hydrogen) atoms. The Morgan fingerprint density at radius 1 is 1.42 bits per heavy atom. The zero-order chi connectivity index (χ0) is 19.3. The van der Waals surface area contributed by atoms with E-state index >= 15 is 0 Å². The van der Waals surface area contributed by atoms with Crippen molar-refractivity contribution in [1.29, 1.82) is 0 Å². The van der Waals surface area contributed by atoms with Gasteiger partial charge in [-0.1, -0.05) is 13.8 Å². The van der Waals surface area contributed by atoms with Gasteiger partial charge >= 0.3 is 7.12 Å². The predicted octanol–water partition coefficient (Wildman–Crippen LogP) is 0.0866. The van der Waals surface area contributed by atoms with Gasteiger partial charge in [-0.2, -0.15) is 0 Å². The molecule has 2 unspecified atom stereocenters. The summed E-state index contributed by atoms with van der Waals surface area (Å²) in [5, 5.41) is 21.2. The topological polar surface area (TPSA) is 116 Å². The van der Waals surface area contributed by atoms with Gasteiger partial charge in [0.2, 0.25) is 5.91 Å². The summed E-state index contributed by atoms with van der Waals surface area (Å²) in [6, 6.07) is -0.498. The van der Waals surface area contributed by atoms with Crippen LogP contribution in [0.4, 0.5) is 10.2 Å². The van der Waals surface area contributed by atoms with Gasteiger partial charge in [0.15, 0.2) is 17.4 Å². The average molecular weight is 366 g/mol. The van der Waals surface area contributed by atoms with Crippen molar-refractivity contribution in [3.8, 4) is 0 Å². The predicted molar refractivity (Wildman–Crippen MR) is 93.6 cm³/mol. The molecule has 1 aromatic rings. The molecule has 1 aromatic heterocycles. The van der Waals surface area contributed by atoms with Crippen molar-refractivity contribution < 1.29 is 24.0 Å². The summed E-state index contributed by atoms with van der Waals surface area (Å²) in [5.41, 5.74) is 0. The Kier molecular flexibility index (Phi) is 7.04. The van der Waals surface area contributed by atoms with Crippen LogP contribution in [0.5, 0.6) is 0 Å². The number of carbonyl (C=O) groups excluding carboxylic acids is 2. The molecular weight excluding hydrogens is 342 g/mol. The minimum atomic E-state index is -1.65. The first-order chi connectivity index (χ1) is 12.3. The second-order valence-electron chi connectivity index (χ2n) is 6.88. The molecule has 0 aliphatic carbocycles. The van der Waals surface area contributed by atoms with Crippen molar-refractivity contribution in [3.05, 3.63) is 18.3 Å². The summed E-state index contributed by atoms with van der Waals surface area (Å²) in [4.78, 5) is 33.4. The number of aromatic nitrogens is 2. The van der Waals surface area contributed by atoms with Crippen LogP contribution in [0.25, 0.3) is 0 Å². The molecule has 0 aromatic carbocycles. The Morgan fingerprint density at radius 3 is 2.69 bits per heavy atom. The van der Waals surface area contributed by atoms with Crippen LogP contribution in [0.15, 0.2) is 12.5 Å². The van der Waals surface area contributed by atoms with Crippen molar-refractivity contribution in [3.63, 3.8) is 0 Å². The van der Waals surface area contributed by atoms with E-state index in [0.29, 0.717) is 19.4 Å². The van der Waals surface area contributed by atoms with Crippen molar-refractivity contribution in [2.75, 3.05) is 11.4 Å². The number of carbonyl (C=O) groups is 2. The number of halogens is 1. The van der Waals surface area contributed by atoms with E-state index in [1.807, 2.05) is 13.8 Å². The summed E-state index contributed by atoms with van der Waals surface area (Å²) in [7, 11) is -1.65. The lowest BCUT2D eigenvalue weighted by molar-refractivity contribution is -0.126. The number of nitrogens with zero attached hydrogens (tertiary/aromatic N) is 3. The van der Waals surface area contributed by atoms with Gasteiger partial charge in [0, 0.05) is 19.4 Å². The molecule has 8 nitrogen and oxygen atoms in total. The molecule has 2 heterocycles. The fraction of sp³-hybridized carbons (Fsp3) is 0.625. The van der Waals surface area contributed by atoms with E-state index in [2.05, 4.69) is 15.3 Å². The van der Waals surface area contributed by atoms with Crippen molar-refractivity contribution >= 4 is 24.6 Å². The largest absolute Gasteiger partial charge is 0.475 e. The molecule has 1 aliphatic rings. The van der Waals surface area contributed by atoms with Gasteiger partial charge in [-0.25, -0.2) is 14.4 Å². The number of anilines is 1. The first-order valence-electron chi connectivity index (χ1n) is 8.70. The number of Topliss-reactive ketones (excluding diaryl/α,β-unsaturated/α-hetero) is 1. The summed E-state index contributed by atoms with van der Waals surface area (Å²) in [6.45, 7) is 4.33. The van der Waals surface area contributed by atoms with Gasteiger partial charge in [0.25, 0.3) is 0 Å². The molecule has 0 bridgehead atoms. The molecule has 1 fully saturated rings. The lowest BCUT2D eigenvalue weighted by Gasteiger charge is -2.40. The van der Waals surface area contributed by atoms with E-state index in [4.69, 9.17) is 0 Å². The molecule has 2 atom stereocenters. The van der Waals surface area contributed by atoms with Gasteiger partial charge in [-0.3, -0.25) is 9.59 Å². The summed E-state index contributed by atoms with van der Waals surface area (Å²) < 4.78 is 13.7. The molecule has 142 valence electrons. The van der Waals surface area contributed by atoms with Crippen LogP contribution >= 0.6 is 0 Å². The van der Waals surface area contributed by atoms with Crippen LogP contribution < -0.4 is 10.2 Å². The number of hydrogen-bond donors (Lipinski definition) is 3. The van der Waals surface area contributed by atoms with Crippen LogP contribution in [0.1, 0.15) is 39.5 Å². The molecule has 3 N–H and O–H groups in total. The molecule has 0 spiro atoms. The summed E-state index contributed by atoms with van der Waals surface area (Å²) in [5.74, 6) is -1.68. The number of amides is 1.